The maximum Gasteiger partial charge on any atom is 0.416 e. The Bertz CT molecular complexity index is 774. The Morgan fingerprint density at radius 1 is 0.958 bits per heavy atom. The Hall–Kier alpha value is -2.54. The largest absolute Gasteiger partial charge is 0.416 e. The van der Waals surface area contributed by atoms with Gasteiger partial charge < -0.3 is 10.6 Å². The molecule has 0 aromatic heterocycles. The number of carbonyl (C=O) groups is 2. The van der Waals surface area contributed by atoms with Crippen molar-refractivity contribution in [3.05, 3.63) is 58.6 Å². The summed E-state index contributed by atoms with van der Waals surface area (Å²) in [5, 5.41) is 5.12. The molecule has 4 nitrogen and oxygen atoms in total. The summed E-state index contributed by atoms with van der Waals surface area (Å²) in [5.74, 6) is -1.94. The van der Waals surface area contributed by atoms with Gasteiger partial charge in [0.1, 0.15) is 0 Å². The monoisotopic (exact) mass is 356 g/mol. The zero-order chi connectivity index (χ0) is 17.9. The summed E-state index contributed by atoms with van der Waals surface area (Å²) in [5.41, 5.74) is 0.308. The average Bonchev–Trinajstić information content (AvgIpc) is 2.49. The van der Waals surface area contributed by atoms with Gasteiger partial charge in [0.2, 0.25) is 0 Å². The van der Waals surface area contributed by atoms with Crippen molar-refractivity contribution in [1.29, 1.82) is 0 Å². The molecule has 0 atom stereocenters. The number of alkyl halides is 3. The lowest BCUT2D eigenvalue weighted by atomic mass is 10.2. The molecule has 2 N–H and O–H groups in total. The Morgan fingerprint density at radius 3 is 2.08 bits per heavy atom. The third-order valence-corrected chi connectivity index (χ3v) is 3.35. The predicted octanol–water partition coefficient (Wildman–Crippen LogP) is 4.24. The standard InChI is InChI=1S/C16H12ClF3N2O2/c1-9-8-11(17)4-7-13(9)22-15(24)14(23)21-12-5-2-10(3-6-12)16(18,19)20/h2-8H,1H3,(H,21,23)(H,22,24). The normalized spacial score (nSPS) is 11.0. The maximum absolute atomic E-state index is 12.5. The molecule has 126 valence electrons. The molecule has 0 aliphatic carbocycles. The Balaban J connectivity index is 2.02. The van der Waals surface area contributed by atoms with E-state index in [0.29, 0.717) is 16.3 Å². The maximum atomic E-state index is 12.5. The molecule has 24 heavy (non-hydrogen) atoms. The van der Waals surface area contributed by atoms with E-state index in [-0.39, 0.29) is 5.69 Å². The SMILES string of the molecule is Cc1cc(Cl)ccc1NC(=O)C(=O)Nc1ccc(C(F)(F)F)cc1. The molecule has 0 saturated carbocycles. The highest BCUT2D eigenvalue weighted by atomic mass is 35.5. The number of carbonyl (C=O) groups excluding carboxylic acids is 2. The first kappa shape index (κ1) is 17.8. The highest BCUT2D eigenvalue weighted by molar-refractivity contribution is 6.43. The summed E-state index contributed by atoms with van der Waals surface area (Å²) < 4.78 is 37.4. The molecular formula is C16H12ClF3N2O2. The fourth-order valence-corrected chi connectivity index (χ4v) is 2.10. The van der Waals surface area contributed by atoms with E-state index in [0.717, 1.165) is 24.3 Å². The van der Waals surface area contributed by atoms with Crippen LogP contribution in [0.2, 0.25) is 5.02 Å². The molecule has 0 bridgehead atoms. The van der Waals surface area contributed by atoms with E-state index in [1.165, 1.54) is 0 Å². The lowest BCUT2D eigenvalue weighted by Crippen LogP contribution is -2.29. The van der Waals surface area contributed by atoms with Crippen LogP contribution in [0.15, 0.2) is 42.5 Å². The Kier molecular flexibility index (Phi) is 5.14. The van der Waals surface area contributed by atoms with Crippen LogP contribution in [0, 0.1) is 6.92 Å². The number of aryl methyl sites for hydroxylation is 1. The molecule has 0 radical (unpaired) electrons. The molecule has 2 amide bonds. The molecule has 0 heterocycles. The van der Waals surface area contributed by atoms with Crippen LogP contribution in [0.1, 0.15) is 11.1 Å². The van der Waals surface area contributed by atoms with Crippen molar-refractivity contribution in [2.75, 3.05) is 10.6 Å². The molecule has 0 saturated heterocycles. The van der Waals surface area contributed by atoms with Crippen LogP contribution in [0.3, 0.4) is 0 Å². The van der Waals surface area contributed by atoms with Crippen LogP contribution in [0.4, 0.5) is 24.5 Å². The van der Waals surface area contributed by atoms with E-state index in [1.54, 1.807) is 25.1 Å². The summed E-state index contributed by atoms with van der Waals surface area (Å²) in [6, 6.07) is 8.49. The van der Waals surface area contributed by atoms with Crippen molar-refractivity contribution >= 4 is 34.8 Å². The van der Waals surface area contributed by atoms with Crippen molar-refractivity contribution in [3.63, 3.8) is 0 Å². The van der Waals surface area contributed by atoms with E-state index in [4.69, 9.17) is 11.6 Å². The van der Waals surface area contributed by atoms with E-state index in [1.807, 2.05) is 0 Å². The first-order chi connectivity index (χ1) is 11.2. The third-order valence-electron chi connectivity index (χ3n) is 3.11. The number of anilines is 2. The van der Waals surface area contributed by atoms with Gasteiger partial charge in [-0.1, -0.05) is 11.6 Å². The Morgan fingerprint density at radius 2 is 1.54 bits per heavy atom. The summed E-state index contributed by atoms with van der Waals surface area (Å²) in [6.07, 6.45) is -4.47. The topological polar surface area (TPSA) is 58.2 Å². The number of hydrogen-bond donors (Lipinski definition) is 2. The summed E-state index contributed by atoms with van der Waals surface area (Å²) >= 11 is 5.80. The molecule has 0 spiro atoms. The van der Waals surface area contributed by atoms with Crippen LogP contribution >= 0.6 is 11.6 Å². The molecular weight excluding hydrogens is 345 g/mol. The molecule has 0 fully saturated rings. The van der Waals surface area contributed by atoms with E-state index >= 15 is 0 Å². The summed E-state index contributed by atoms with van der Waals surface area (Å²) in [4.78, 5) is 23.6. The van der Waals surface area contributed by atoms with E-state index in [2.05, 4.69) is 10.6 Å². The molecule has 0 aliphatic heterocycles. The number of halogens is 4. The van der Waals surface area contributed by atoms with Gasteiger partial charge in [-0.2, -0.15) is 13.2 Å². The van der Waals surface area contributed by atoms with Gasteiger partial charge in [-0.3, -0.25) is 9.59 Å². The van der Waals surface area contributed by atoms with Crippen LogP contribution in [0.25, 0.3) is 0 Å². The summed E-state index contributed by atoms with van der Waals surface area (Å²) in [7, 11) is 0. The number of hydrogen-bond acceptors (Lipinski definition) is 2. The number of amides is 2. The highest BCUT2D eigenvalue weighted by Crippen LogP contribution is 2.29. The number of rotatable bonds is 2. The quantitative estimate of drug-likeness (QED) is 0.790. The van der Waals surface area contributed by atoms with Gasteiger partial charge in [0.25, 0.3) is 0 Å². The van der Waals surface area contributed by atoms with Crippen molar-refractivity contribution < 1.29 is 22.8 Å². The zero-order valence-electron chi connectivity index (χ0n) is 12.4. The van der Waals surface area contributed by atoms with Crippen LogP contribution in [-0.4, -0.2) is 11.8 Å². The summed E-state index contributed by atoms with van der Waals surface area (Å²) in [6.45, 7) is 1.70. The van der Waals surface area contributed by atoms with Gasteiger partial charge in [0.15, 0.2) is 0 Å². The molecule has 2 aromatic carbocycles. The van der Waals surface area contributed by atoms with Gasteiger partial charge in [-0.05, 0) is 55.0 Å². The van der Waals surface area contributed by atoms with Crippen LogP contribution < -0.4 is 10.6 Å². The molecule has 2 aromatic rings. The van der Waals surface area contributed by atoms with Crippen molar-refractivity contribution in [1.82, 2.24) is 0 Å². The van der Waals surface area contributed by atoms with E-state index < -0.39 is 23.6 Å². The lowest BCUT2D eigenvalue weighted by molar-refractivity contribution is -0.137. The van der Waals surface area contributed by atoms with Gasteiger partial charge in [0.05, 0.1) is 5.56 Å². The second kappa shape index (κ2) is 6.92. The minimum absolute atomic E-state index is 0.0796. The van der Waals surface area contributed by atoms with Crippen molar-refractivity contribution in [3.8, 4) is 0 Å². The second-order valence-corrected chi connectivity index (χ2v) is 5.38. The smallest absolute Gasteiger partial charge is 0.318 e. The van der Waals surface area contributed by atoms with E-state index in [9.17, 15) is 22.8 Å². The molecule has 0 unspecified atom stereocenters. The zero-order valence-corrected chi connectivity index (χ0v) is 13.1. The van der Waals surface area contributed by atoms with Gasteiger partial charge in [0, 0.05) is 16.4 Å². The average molecular weight is 357 g/mol. The number of nitrogens with one attached hydrogen (secondary N) is 2. The third kappa shape index (κ3) is 4.48. The minimum atomic E-state index is -4.47. The first-order valence-electron chi connectivity index (χ1n) is 6.72. The fourth-order valence-electron chi connectivity index (χ4n) is 1.88. The molecule has 8 heteroatoms. The van der Waals surface area contributed by atoms with Crippen LogP contribution in [0.5, 0.6) is 0 Å². The lowest BCUT2D eigenvalue weighted by Gasteiger charge is -2.10. The minimum Gasteiger partial charge on any atom is -0.318 e. The second-order valence-electron chi connectivity index (χ2n) is 4.94. The van der Waals surface area contributed by atoms with Crippen molar-refractivity contribution in [2.45, 2.75) is 13.1 Å². The highest BCUT2D eigenvalue weighted by Gasteiger charge is 2.30. The number of benzene rings is 2. The molecule has 0 aliphatic rings. The van der Waals surface area contributed by atoms with Gasteiger partial charge in [-0.25, -0.2) is 0 Å². The Labute approximate surface area is 140 Å². The fraction of sp³-hybridized carbons (Fsp3) is 0.125. The van der Waals surface area contributed by atoms with Crippen LogP contribution in [-0.2, 0) is 15.8 Å². The first-order valence-corrected chi connectivity index (χ1v) is 7.10. The predicted molar refractivity (Wildman–Crippen MR) is 84.9 cm³/mol. The van der Waals surface area contributed by atoms with Gasteiger partial charge in [-0.15, -0.1) is 0 Å². The van der Waals surface area contributed by atoms with Crippen molar-refractivity contribution in [2.24, 2.45) is 0 Å². The van der Waals surface area contributed by atoms with Gasteiger partial charge >= 0.3 is 18.0 Å². The molecule has 2 rings (SSSR count).